The number of halogens is 1. The van der Waals surface area contributed by atoms with E-state index in [0.29, 0.717) is 40.3 Å². The van der Waals surface area contributed by atoms with Gasteiger partial charge in [0.15, 0.2) is 5.69 Å². The quantitative estimate of drug-likeness (QED) is 0.451. The summed E-state index contributed by atoms with van der Waals surface area (Å²) >= 11 is 6.13. The zero-order valence-electron chi connectivity index (χ0n) is 18.1. The molecule has 0 aliphatic carbocycles. The van der Waals surface area contributed by atoms with Crippen LogP contribution in [0, 0.1) is 20.8 Å². The van der Waals surface area contributed by atoms with Crippen LogP contribution < -0.4 is 10.1 Å². The molecule has 0 bridgehead atoms. The zero-order valence-corrected chi connectivity index (χ0v) is 18.9. The van der Waals surface area contributed by atoms with Crippen molar-refractivity contribution >= 4 is 23.2 Å². The van der Waals surface area contributed by atoms with E-state index in [2.05, 4.69) is 20.6 Å². The number of methoxy groups -OCH3 is 1. The first kappa shape index (κ1) is 21.6. The van der Waals surface area contributed by atoms with Crippen LogP contribution in [0.5, 0.6) is 5.75 Å². The van der Waals surface area contributed by atoms with Crippen molar-refractivity contribution in [1.82, 2.24) is 20.0 Å². The van der Waals surface area contributed by atoms with Crippen LogP contribution >= 0.6 is 11.6 Å². The van der Waals surface area contributed by atoms with Gasteiger partial charge in [-0.2, -0.15) is 0 Å². The van der Waals surface area contributed by atoms with Gasteiger partial charge < -0.3 is 14.5 Å². The Labute approximate surface area is 190 Å². The molecule has 164 valence electrons. The number of carbonyl (C=O) groups is 1. The molecule has 4 aromatic rings. The van der Waals surface area contributed by atoms with E-state index in [1.165, 1.54) is 12.7 Å². The first-order valence-corrected chi connectivity index (χ1v) is 10.3. The third-order valence-electron chi connectivity index (χ3n) is 5.10. The molecular formula is C23H22ClN5O3. The maximum absolute atomic E-state index is 12.7. The van der Waals surface area contributed by atoms with Crippen LogP contribution in [0.1, 0.15) is 33.2 Å². The summed E-state index contributed by atoms with van der Waals surface area (Å²) in [6.45, 7) is 6.00. The Bertz CT molecular complexity index is 1280. The topological polar surface area (TPSA) is 95.1 Å². The molecule has 0 atom stereocenters. The highest BCUT2D eigenvalue weighted by Crippen LogP contribution is 2.27. The molecule has 0 fully saturated rings. The van der Waals surface area contributed by atoms with Crippen molar-refractivity contribution in [3.8, 4) is 17.2 Å². The summed E-state index contributed by atoms with van der Waals surface area (Å²) < 4.78 is 12.6. The highest BCUT2D eigenvalue weighted by atomic mass is 35.5. The summed E-state index contributed by atoms with van der Waals surface area (Å²) in [4.78, 5) is 17.3. The molecule has 1 amide bonds. The number of amides is 1. The molecule has 0 unspecified atom stereocenters. The SMILES string of the molecule is COc1ccc(NC(=O)c2nnn(Cc3nc(-c4ccc(C)cc4)oc3C)c2C)cc1Cl. The Kier molecular flexibility index (Phi) is 5.96. The van der Waals surface area contributed by atoms with Gasteiger partial charge in [0.05, 0.1) is 24.4 Å². The molecule has 2 heterocycles. The van der Waals surface area contributed by atoms with E-state index < -0.39 is 0 Å². The average molecular weight is 452 g/mol. The van der Waals surface area contributed by atoms with E-state index in [1.807, 2.05) is 38.1 Å². The maximum Gasteiger partial charge on any atom is 0.278 e. The number of ether oxygens (including phenoxy) is 1. The molecule has 4 rings (SSSR count). The number of nitrogens with zero attached hydrogens (tertiary/aromatic N) is 4. The summed E-state index contributed by atoms with van der Waals surface area (Å²) in [5.74, 6) is 1.38. The van der Waals surface area contributed by atoms with E-state index in [0.717, 1.165) is 11.3 Å². The molecular weight excluding hydrogens is 430 g/mol. The normalized spacial score (nSPS) is 10.9. The van der Waals surface area contributed by atoms with Crippen molar-refractivity contribution in [3.63, 3.8) is 0 Å². The lowest BCUT2D eigenvalue weighted by molar-refractivity contribution is 0.102. The van der Waals surface area contributed by atoms with Crippen molar-refractivity contribution in [2.75, 3.05) is 12.4 Å². The second-order valence-electron chi connectivity index (χ2n) is 7.37. The lowest BCUT2D eigenvalue weighted by Gasteiger charge is -2.07. The van der Waals surface area contributed by atoms with Gasteiger partial charge in [0, 0.05) is 11.3 Å². The highest BCUT2D eigenvalue weighted by molar-refractivity contribution is 6.32. The second kappa shape index (κ2) is 8.84. The number of aromatic nitrogens is 4. The number of aryl methyl sites for hydroxylation is 2. The predicted octanol–water partition coefficient (Wildman–Crippen LogP) is 4.82. The Hall–Kier alpha value is -3.65. The Morgan fingerprint density at radius 3 is 2.59 bits per heavy atom. The number of benzene rings is 2. The van der Waals surface area contributed by atoms with E-state index >= 15 is 0 Å². The molecule has 0 aliphatic heterocycles. The monoisotopic (exact) mass is 451 g/mol. The third kappa shape index (κ3) is 4.36. The summed E-state index contributed by atoms with van der Waals surface area (Å²) in [5, 5.41) is 11.4. The first-order chi connectivity index (χ1) is 15.4. The minimum atomic E-state index is -0.382. The maximum atomic E-state index is 12.7. The van der Waals surface area contributed by atoms with Gasteiger partial charge in [-0.3, -0.25) is 4.79 Å². The molecule has 0 aliphatic rings. The minimum absolute atomic E-state index is 0.219. The largest absolute Gasteiger partial charge is 0.495 e. The molecule has 9 heteroatoms. The van der Waals surface area contributed by atoms with Gasteiger partial charge in [0.1, 0.15) is 17.2 Å². The van der Waals surface area contributed by atoms with Crippen LogP contribution in [0.4, 0.5) is 5.69 Å². The van der Waals surface area contributed by atoms with Gasteiger partial charge in [0.2, 0.25) is 5.89 Å². The van der Waals surface area contributed by atoms with Crippen LogP contribution in [0.2, 0.25) is 5.02 Å². The lowest BCUT2D eigenvalue weighted by Crippen LogP contribution is -2.14. The number of hydrogen-bond donors (Lipinski definition) is 1. The summed E-state index contributed by atoms with van der Waals surface area (Å²) in [6.07, 6.45) is 0. The van der Waals surface area contributed by atoms with Crippen molar-refractivity contribution in [1.29, 1.82) is 0 Å². The van der Waals surface area contributed by atoms with E-state index in [4.69, 9.17) is 20.8 Å². The van der Waals surface area contributed by atoms with Gasteiger partial charge in [0.25, 0.3) is 5.91 Å². The molecule has 1 N–H and O–H groups in total. The third-order valence-corrected chi connectivity index (χ3v) is 5.39. The zero-order chi connectivity index (χ0) is 22.8. The number of oxazole rings is 1. The smallest absolute Gasteiger partial charge is 0.278 e. The number of hydrogen-bond acceptors (Lipinski definition) is 6. The summed E-state index contributed by atoms with van der Waals surface area (Å²) in [5.41, 5.74) is 4.15. The van der Waals surface area contributed by atoms with Crippen LogP contribution in [0.15, 0.2) is 46.9 Å². The number of rotatable bonds is 6. The fourth-order valence-electron chi connectivity index (χ4n) is 3.19. The number of carbonyl (C=O) groups excluding carboxylic acids is 1. The van der Waals surface area contributed by atoms with Crippen molar-refractivity contribution in [3.05, 3.63) is 75.9 Å². The second-order valence-corrected chi connectivity index (χ2v) is 7.78. The van der Waals surface area contributed by atoms with Gasteiger partial charge in [-0.1, -0.05) is 34.5 Å². The van der Waals surface area contributed by atoms with Gasteiger partial charge >= 0.3 is 0 Å². The van der Waals surface area contributed by atoms with Crippen LogP contribution in [-0.2, 0) is 6.54 Å². The predicted molar refractivity (Wildman–Crippen MR) is 121 cm³/mol. The molecule has 0 saturated carbocycles. The molecule has 0 radical (unpaired) electrons. The molecule has 8 nitrogen and oxygen atoms in total. The van der Waals surface area contributed by atoms with Crippen molar-refractivity contribution in [2.24, 2.45) is 0 Å². The van der Waals surface area contributed by atoms with Crippen molar-refractivity contribution < 1.29 is 13.9 Å². The fraction of sp³-hybridized carbons (Fsp3) is 0.217. The molecule has 0 saturated heterocycles. The van der Waals surface area contributed by atoms with Gasteiger partial charge in [-0.15, -0.1) is 5.10 Å². The standard InChI is InChI=1S/C23H22ClN5O3/c1-13-5-7-16(8-6-13)23-26-19(15(3)32-23)12-29-14(2)21(27-28-29)22(30)25-17-9-10-20(31-4)18(24)11-17/h5-11H,12H2,1-4H3,(H,25,30). The lowest BCUT2D eigenvalue weighted by atomic mass is 10.1. The first-order valence-electron chi connectivity index (χ1n) is 9.94. The van der Waals surface area contributed by atoms with Crippen molar-refractivity contribution in [2.45, 2.75) is 27.3 Å². The molecule has 2 aromatic carbocycles. The average Bonchev–Trinajstić information content (AvgIpc) is 3.31. The Balaban J connectivity index is 1.51. The highest BCUT2D eigenvalue weighted by Gasteiger charge is 2.19. The van der Waals surface area contributed by atoms with Gasteiger partial charge in [-0.25, -0.2) is 9.67 Å². The number of nitrogens with one attached hydrogen (secondary N) is 1. The van der Waals surface area contributed by atoms with E-state index in [-0.39, 0.29) is 11.6 Å². The van der Waals surface area contributed by atoms with E-state index in [1.54, 1.807) is 29.8 Å². The summed E-state index contributed by atoms with van der Waals surface area (Å²) in [7, 11) is 1.53. The Morgan fingerprint density at radius 2 is 1.91 bits per heavy atom. The van der Waals surface area contributed by atoms with Crippen LogP contribution in [0.3, 0.4) is 0 Å². The molecule has 0 spiro atoms. The molecule has 32 heavy (non-hydrogen) atoms. The minimum Gasteiger partial charge on any atom is -0.495 e. The Morgan fingerprint density at radius 1 is 1.16 bits per heavy atom. The molecule has 2 aromatic heterocycles. The van der Waals surface area contributed by atoms with E-state index in [9.17, 15) is 4.79 Å². The van der Waals surface area contributed by atoms with Crippen LogP contribution in [0.25, 0.3) is 11.5 Å². The fourth-order valence-corrected chi connectivity index (χ4v) is 3.45. The van der Waals surface area contributed by atoms with Gasteiger partial charge in [-0.05, 0) is 51.1 Å². The number of anilines is 1. The van der Waals surface area contributed by atoms with Crippen LogP contribution in [-0.4, -0.2) is 33.0 Å². The summed E-state index contributed by atoms with van der Waals surface area (Å²) in [6, 6.07) is 13.0.